The predicted octanol–water partition coefficient (Wildman–Crippen LogP) is 2.36. The molecule has 0 bridgehead atoms. The number of carbonyl (C=O) groups is 3. The van der Waals surface area contributed by atoms with Gasteiger partial charge in [0.15, 0.2) is 0 Å². The molecule has 0 aliphatic heterocycles. The van der Waals surface area contributed by atoms with Crippen LogP contribution < -0.4 is 10.6 Å². The Hall–Kier alpha value is -3.61. The van der Waals surface area contributed by atoms with Gasteiger partial charge in [0, 0.05) is 11.8 Å². The Kier molecular flexibility index (Phi) is 6.93. The first kappa shape index (κ1) is 18.7. The third-order valence-electron chi connectivity index (χ3n) is 3.24. The van der Waals surface area contributed by atoms with Gasteiger partial charge in [0.1, 0.15) is 12.3 Å². The van der Waals surface area contributed by atoms with Gasteiger partial charge in [-0.05, 0) is 17.7 Å². The van der Waals surface area contributed by atoms with E-state index in [0.29, 0.717) is 5.56 Å². The van der Waals surface area contributed by atoms with Crippen LogP contribution in [0.4, 0.5) is 4.79 Å². The van der Waals surface area contributed by atoms with Crippen molar-refractivity contribution in [2.75, 3.05) is 7.11 Å². The number of esters is 1. The van der Waals surface area contributed by atoms with Gasteiger partial charge in [-0.25, -0.2) is 9.59 Å². The van der Waals surface area contributed by atoms with Gasteiger partial charge in [-0.2, -0.15) is 0 Å². The van der Waals surface area contributed by atoms with Crippen LogP contribution in [0, 0.1) is 0 Å². The summed E-state index contributed by atoms with van der Waals surface area (Å²) < 4.78 is 9.62. The lowest BCUT2D eigenvalue weighted by molar-refractivity contribution is -0.136. The summed E-state index contributed by atoms with van der Waals surface area (Å²) in [6.07, 6.45) is 0.254. The summed E-state index contributed by atoms with van der Waals surface area (Å²) in [5.41, 5.74) is 0.948. The molecule has 26 heavy (non-hydrogen) atoms. The summed E-state index contributed by atoms with van der Waals surface area (Å²) >= 11 is 0. The van der Waals surface area contributed by atoms with Crippen molar-refractivity contribution in [3.63, 3.8) is 0 Å². The highest BCUT2D eigenvalue weighted by Crippen LogP contribution is 2.02. The van der Waals surface area contributed by atoms with Crippen LogP contribution in [-0.2, 0) is 20.9 Å². The van der Waals surface area contributed by atoms with Crippen molar-refractivity contribution in [2.45, 2.75) is 6.61 Å². The topological polar surface area (TPSA) is 93.7 Å². The first-order valence-corrected chi connectivity index (χ1v) is 7.72. The van der Waals surface area contributed by atoms with Gasteiger partial charge in [0.2, 0.25) is 0 Å². The summed E-state index contributed by atoms with van der Waals surface area (Å²) in [6, 6.07) is 17.4. The standard InChI is InChI=1S/C19H18N2O5/c1-25-18(23)16(21-17(22)15-10-6-3-7-11-15)12-20-19(24)26-13-14-8-4-2-5-9-14/h2-12H,13H2,1H3,(H,20,24)(H,21,22)/b16-12+. The van der Waals surface area contributed by atoms with Crippen molar-refractivity contribution in [3.05, 3.63) is 83.7 Å². The highest BCUT2D eigenvalue weighted by molar-refractivity contribution is 6.01. The van der Waals surface area contributed by atoms with Gasteiger partial charge in [-0.3, -0.25) is 10.1 Å². The number of nitrogens with one attached hydrogen (secondary N) is 2. The summed E-state index contributed by atoms with van der Waals surface area (Å²) in [6.45, 7) is 0.0739. The molecule has 0 aliphatic rings. The molecule has 0 saturated heterocycles. The van der Waals surface area contributed by atoms with Crippen molar-refractivity contribution in [1.82, 2.24) is 10.6 Å². The first-order valence-electron chi connectivity index (χ1n) is 7.72. The fourth-order valence-corrected chi connectivity index (χ4v) is 1.94. The Bertz CT molecular complexity index is 788. The average Bonchev–Trinajstić information content (AvgIpc) is 2.70. The van der Waals surface area contributed by atoms with E-state index in [0.717, 1.165) is 11.8 Å². The third-order valence-corrected chi connectivity index (χ3v) is 3.24. The second-order valence-electron chi connectivity index (χ2n) is 5.08. The molecule has 0 radical (unpaired) electrons. The minimum atomic E-state index is -0.808. The van der Waals surface area contributed by atoms with Gasteiger partial charge < -0.3 is 14.8 Å². The van der Waals surface area contributed by atoms with Crippen molar-refractivity contribution in [2.24, 2.45) is 0 Å². The number of carbonyl (C=O) groups excluding carboxylic acids is 3. The molecule has 0 unspecified atom stereocenters. The molecule has 2 rings (SSSR count). The van der Waals surface area contributed by atoms with E-state index in [1.807, 2.05) is 30.3 Å². The molecular formula is C19H18N2O5. The normalized spacial score (nSPS) is 10.6. The Morgan fingerprint density at radius 1 is 0.962 bits per heavy atom. The van der Waals surface area contributed by atoms with Gasteiger partial charge in [0.25, 0.3) is 5.91 Å². The van der Waals surface area contributed by atoms with Crippen molar-refractivity contribution in [1.29, 1.82) is 0 Å². The second-order valence-corrected chi connectivity index (χ2v) is 5.08. The molecule has 0 fully saturated rings. The lowest BCUT2D eigenvalue weighted by Crippen LogP contribution is -2.31. The summed E-state index contributed by atoms with van der Waals surface area (Å²) in [4.78, 5) is 35.6. The molecule has 2 aromatic carbocycles. The average molecular weight is 354 g/mol. The van der Waals surface area contributed by atoms with Crippen LogP contribution in [0.5, 0.6) is 0 Å². The number of hydrogen-bond acceptors (Lipinski definition) is 5. The number of rotatable bonds is 6. The van der Waals surface area contributed by atoms with E-state index in [1.54, 1.807) is 30.3 Å². The number of benzene rings is 2. The van der Waals surface area contributed by atoms with Crippen LogP contribution >= 0.6 is 0 Å². The molecule has 2 amide bonds. The zero-order chi connectivity index (χ0) is 18.8. The van der Waals surface area contributed by atoms with Crippen LogP contribution in [0.15, 0.2) is 72.6 Å². The molecule has 0 heterocycles. The minimum absolute atomic E-state index is 0.0739. The Labute approximate surface area is 150 Å². The Morgan fingerprint density at radius 2 is 1.58 bits per heavy atom. The number of methoxy groups -OCH3 is 1. The van der Waals surface area contributed by atoms with Crippen LogP contribution in [0.25, 0.3) is 0 Å². The highest BCUT2D eigenvalue weighted by Gasteiger charge is 2.15. The lowest BCUT2D eigenvalue weighted by atomic mass is 10.2. The molecule has 0 aromatic heterocycles. The van der Waals surface area contributed by atoms with Gasteiger partial charge in [-0.15, -0.1) is 0 Å². The smallest absolute Gasteiger partial charge is 0.411 e. The Morgan fingerprint density at radius 3 is 2.19 bits per heavy atom. The minimum Gasteiger partial charge on any atom is -0.464 e. The fourth-order valence-electron chi connectivity index (χ4n) is 1.94. The van der Waals surface area contributed by atoms with E-state index in [2.05, 4.69) is 15.4 Å². The van der Waals surface area contributed by atoms with E-state index in [9.17, 15) is 14.4 Å². The SMILES string of the molecule is COC(=O)/C(=C\NC(=O)OCc1ccccc1)NC(=O)c1ccccc1. The molecule has 0 saturated carbocycles. The highest BCUT2D eigenvalue weighted by atomic mass is 16.5. The summed E-state index contributed by atoms with van der Waals surface area (Å²) in [5.74, 6) is -1.32. The van der Waals surface area contributed by atoms with Crippen molar-refractivity contribution < 1.29 is 23.9 Å². The van der Waals surface area contributed by atoms with E-state index < -0.39 is 18.0 Å². The number of alkyl carbamates (subject to hydrolysis) is 1. The van der Waals surface area contributed by atoms with Crippen LogP contribution in [0.1, 0.15) is 15.9 Å². The molecule has 0 aliphatic carbocycles. The quantitative estimate of drug-likeness (QED) is 0.613. The molecule has 0 atom stereocenters. The maximum atomic E-state index is 12.1. The first-order chi connectivity index (χ1) is 12.6. The molecule has 0 spiro atoms. The van der Waals surface area contributed by atoms with Crippen LogP contribution in [0.2, 0.25) is 0 Å². The Balaban J connectivity index is 1.96. The fraction of sp³-hybridized carbons (Fsp3) is 0.105. The van der Waals surface area contributed by atoms with Crippen molar-refractivity contribution in [3.8, 4) is 0 Å². The number of amides is 2. The summed E-state index contributed by atoms with van der Waals surface area (Å²) in [7, 11) is 1.17. The molecule has 7 heteroatoms. The third kappa shape index (κ3) is 5.79. The zero-order valence-electron chi connectivity index (χ0n) is 14.1. The molecular weight excluding hydrogens is 336 g/mol. The zero-order valence-corrected chi connectivity index (χ0v) is 14.1. The predicted molar refractivity (Wildman–Crippen MR) is 93.8 cm³/mol. The van der Waals surface area contributed by atoms with Crippen molar-refractivity contribution >= 4 is 18.0 Å². The molecule has 2 aromatic rings. The van der Waals surface area contributed by atoms with E-state index in [4.69, 9.17) is 4.74 Å². The maximum absolute atomic E-state index is 12.1. The van der Waals surface area contributed by atoms with E-state index >= 15 is 0 Å². The second kappa shape index (κ2) is 9.63. The van der Waals surface area contributed by atoms with E-state index in [1.165, 1.54) is 7.11 Å². The monoisotopic (exact) mass is 354 g/mol. The maximum Gasteiger partial charge on any atom is 0.411 e. The summed E-state index contributed by atoms with van der Waals surface area (Å²) in [5, 5.41) is 4.68. The van der Waals surface area contributed by atoms with Gasteiger partial charge in [-0.1, -0.05) is 48.5 Å². The van der Waals surface area contributed by atoms with Crippen LogP contribution in [-0.4, -0.2) is 25.1 Å². The van der Waals surface area contributed by atoms with Gasteiger partial charge in [0.05, 0.1) is 7.11 Å². The van der Waals surface area contributed by atoms with Gasteiger partial charge >= 0.3 is 12.1 Å². The number of ether oxygens (including phenoxy) is 2. The molecule has 2 N–H and O–H groups in total. The van der Waals surface area contributed by atoms with Crippen LogP contribution in [0.3, 0.4) is 0 Å². The number of hydrogen-bond donors (Lipinski definition) is 2. The molecule has 134 valence electrons. The lowest BCUT2D eigenvalue weighted by Gasteiger charge is -2.09. The van der Waals surface area contributed by atoms with E-state index in [-0.39, 0.29) is 12.3 Å². The molecule has 7 nitrogen and oxygen atoms in total. The largest absolute Gasteiger partial charge is 0.464 e.